The van der Waals surface area contributed by atoms with E-state index in [1.165, 1.54) is 35.3 Å². The normalized spacial score (nSPS) is 14.2. The number of benzene rings is 8. The zero-order valence-corrected chi connectivity index (χ0v) is 87.4. The molecule has 0 unspecified atom stereocenters. The molecule has 43 heteroatoms. The minimum atomic E-state index is -0.368. The molecule has 0 radical (unpaired) electrons. The maximum absolute atomic E-state index is 13.7. The van der Waals surface area contributed by atoms with Gasteiger partial charge in [-0.1, -0.05) is 267 Å². The first-order chi connectivity index (χ1) is 70.6. The van der Waals surface area contributed by atoms with Crippen LogP contribution in [0.2, 0.25) is 40.2 Å². The van der Waals surface area contributed by atoms with Crippen molar-refractivity contribution in [3.05, 3.63) is 255 Å². The molecule has 8 aromatic heterocycles. The second-order valence-electron chi connectivity index (χ2n) is 36.6. The van der Waals surface area contributed by atoms with Crippen LogP contribution in [-0.4, -0.2) is 231 Å². The molecule has 4 N–H and O–H groups in total. The average Bonchev–Trinajstić information content (AvgIpc) is 1.63. The van der Waals surface area contributed by atoms with Crippen LogP contribution < -0.4 is 0 Å². The molecule has 756 valence electrons. The third-order valence-electron chi connectivity index (χ3n) is 27.3. The Kier molecular flexibility index (Phi) is 33.4. The van der Waals surface area contributed by atoms with Gasteiger partial charge in [0, 0.05) is 146 Å². The van der Waals surface area contributed by atoms with Crippen molar-refractivity contribution in [3.8, 4) is 113 Å². The van der Waals surface area contributed by atoms with Crippen molar-refractivity contribution in [2.75, 3.05) is 28.2 Å². The van der Waals surface area contributed by atoms with Gasteiger partial charge in [-0.05, 0) is 157 Å². The van der Waals surface area contributed by atoms with E-state index in [4.69, 9.17) is 113 Å². The van der Waals surface area contributed by atoms with Crippen LogP contribution in [0.25, 0.3) is 113 Å². The van der Waals surface area contributed by atoms with Gasteiger partial charge in [0.05, 0.1) is 99.5 Å². The van der Waals surface area contributed by atoms with E-state index in [1.807, 2.05) is 143 Å². The van der Waals surface area contributed by atoms with E-state index >= 15 is 0 Å². The van der Waals surface area contributed by atoms with Crippen molar-refractivity contribution in [2.24, 2.45) is 21.1 Å². The highest BCUT2D eigenvalue weighted by atomic mass is 35.5. The fourth-order valence-electron chi connectivity index (χ4n) is 19.4. The van der Waals surface area contributed by atoms with Crippen LogP contribution in [0.1, 0.15) is 193 Å². The Morgan fingerprint density at radius 3 is 0.870 bits per heavy atom. The number of carbonyl (C=O) groups excluding carboxylic acids is 4. The third-order valence-corrected chi connectivity index (χ3v) is 29.5. The van der Waals surface area contributed by atoms with Gasteiger partial charge in [-0.15, -0.1) is 35.7 Å². The lowest BCUT2D eigenvalue weighted by atomic mass is 9.94. The molecule has 4 amide bonds. The van der Waals surface area contributed by atoms with E-state index in [9.17, 15) is 34.5 Å². The van der Waals surface area contributed by atoms with Crippen LogP contribution in [0.5, 0.6) is 0 Å². The number of aromatic nitrogens is 24. The molecule has 0 aliphatic heterocycles. The molecule has 16 aromatic rings. The minimum absolute atomic E-state index is 0.0788. The SMILES string of the molecule is CN(C(=O)c1nn(-c2ccc(Cl)cc2Cl)c(-c2ccc(-c3nn[nH]n3)cc2)c1CO)C1CCCCC1.CN(C(=O)c1nn(-c2ccc(Cl)cc2Cl)c(-c2ccc(-c3nnn(C)n3)cc2)c1CO)C1CCCCC1.CN(C(=O)c1nn(-c2ccc(Cl)cc2Cl)c(-c2ccc(-c3nnnn3C)cc2)c1CO)C1CCCCC1.Cc1c(C(=O)N(C)C2CCCCC2)nn(-c2ccc(Cl)cc2Cl)c1-c1ccc(-c2nnn(C)n2)cc1. The van der Waals surface area contributed by atoms with E-state index in [0.29, 0.717) is 126 Å². The summed E-state index contributed by atoms with van der Waals surface area (Å²) in [5.41, 5.74) is 14.3. The zero-order chi connectivity index (χ0) is 103. The molecule has 146 heavy (non-hydrogen) atoms. The maximum atomic E-state index is 13.7. The molecule has 0 bridgehead atoms. The Hall–Kier alpha value is -13.0. The molecular formula is C103H106Cl8N28O7. The molecule has 4 saturated carbocycles. The average molecular weight is 2130 g/mol. The first-order valence-corrected chi connectivity index (χ1v) is 51.1. The molecule has 4 fully saturated rings. The molecule has 20 rings (SSSR count). The summed E-state index contributed by atoms with van der Waals surface area (Å²) in [4.78, 5) is 64.7. The highest BCUT2D eigenvalue weighted by Gasteiger charge is 2.37. The second-order valence-corrected chi connectivity index (χ2v) is 39.9. The number of aromatic amines is 1. The summed E-state index contributed by atoms with van der Waals surface area (Å²) >= 11 is 50.9. The summed E-state index contributed by atoms with van der Waals surface area (Å²) < 4.78 is 8.16. The summed E-state index contributed by atoms with van der Waals surface area (Å²) in [6.07, 6.45) is 21.5. The van der Waals surface area contributed by atoms with E-state index in [-0.39, 0.29) is 84.7 Å². The molecule has 4 aliphatic carbocycles. The van der Waals surface area contributed by atoms with Gasteiger partial charge < -0.3 is 34.9 Å². The summed E-state index contributed by atoms with van der Waals surface area (Å²) in [6.45, 7) is 0.831. The Morgan fingerprint density at radius 2 is 0.603 bits per heavy atom. The fraction of sp³-hybridized carbons (Fsp3) is 0.340. The van der Waals surface area contributed by atoms with Crippen molar-refractivity contribution < 1.29 is 34.5 Å². The number of amides is 4. The zero-order valence-electron chi connectivity index (χ0n) is 81.3. The van der Waals surface area contributed by atoms with Gasteiger partial charge in [-0.25, -0.2) is 23.4 Å². The molecular weight excluding hydrogens is 2020 g/mol. The Balaban J connectivity index is 0.000000133. The van der Waals surface area contributed by atoms with Crippen molar-refractivity contribution in [1.29, 1.82) is 0 Å². The van der Waals surface area contributed by atoms with Gasteiger partial charge in [0.2, 0.25) is 17.5 Å². The van der Waals surface area contributed by atoms with Crippen LogP contribution >= 0.6 is 92.8 Å². The lowest BCUT2D eigenvalue weighted by molar-refractivity contribution is 0.0679. The number of halogens is 8. The molecule has 8 aromatic carbocycles. The topological polar surface area (TPSA) is 398 Å². The largest absolute Gasteiger partial charge is 0.392 e. The maximum Gasteiger partial charge on any atom is 0.274 e. The van der Waals surface area contributed by atoms with Crippen molar-refractivity contribution in [3.63, 3.8) is 0 Å². The highest BCUT2D eigenvalue weighted by molar-refractivity contribution is 6.37. The molecule has 0 spiro atoms. The van der Waals surface area contributed by atoms with Crippen LogP contribution in [0.3, 0.4) is 0 Å². The predicted octanol–water partition coefficient (Wildman–Crippen LogP) is 20.5. The van der Waals surface area contributed by atoms with Crippen molar-refractivity contribution in [2.45, 2.75) is 179 Å². The predicted molar refractivity (Wildman–Crippen MR) is 561 cm³/mol. The summed E-state index contributed by atoms with van der Waals surface area (Å²) in [6, 6.07) is 51.5. The van der Waals surface area contributed by atoms with Crippen LogP contribution in [0.4, 0.5) is 0 Å². The minimum Gasteiger partial charge on any atom is -0.392 e. The number of nitrogens with zero attached hydrogens (tertiary/aromatic N) is 27. The van der Waals surface area contributed by atoms with Crippen LogP contribution in [0, 0.1) is 6.92 Å². The second kappa shape index (κ2) is 46.8. The quantitative estimate of drug-likeness (QED) is 0.0462. The summed E-state index contributed by atoms with van der Waals surface area (Å²) in [5.74, 6) is 1.38. The number of tetrazole rings is 4. The van der Waals surface area contributed by atoms with Crippen molar-refractivity contribution >= 4 is 116 Å². The van der Waals surface area contributed by atoms with Crippen LogP contribution in [0.15, 0.2) is 170 Å². The van der Waals surface area contributed by atoms with Gasteiger partial charge in [0.25, 0.3) is 23.6 Å². The number of aliphatic hydroxyl groups excluding tert-OH is 3. The lowest BCUT2D eigenvalue weighted by Gasteiger charge is -2.30. The third kappa shape index (κ3) is 22.7. The van der Waals surface area contributed by atoms with E-state index in [0.717, 1.165) is 158 Å². The number of aliphatic hydroxyl groups is 3. The summed E-state index contributed by atoms with van der Waals surface area (Å²) in [7, 11) is 12.5. The van der Waals surface area contributed by atoms with Gasteiger partial charge in [-0.2, -0.15) is 35.2 Å². The first kappa shape index (κ1) is 104. The number of H-pyrrole nitrogens is 1. The van der Waals surface area contributed by atoms with Gasteiger partial charge >= 0.3 is 0 Å². The monoisotopic (exact) mass is 2130 g/mol. The van der Waals surface area contributed by atoms with Crippen molar-refractivity contribution in [1.82, 2.24) is 140 Å². The van der Waals surface area contributed by atoms with Crippen LogP contribution in [-0.2, 0) is 41.0 Å². The van der Waals surface area contributed by atoms with Gasteiger partial charge in [-0.3, -0.25) is 19.2 Å². The number of carbonyl (C=O) groups is 4. The summed E-state index contributed by atoms with van der Waals surface area (Å²) in [5, 5.41) is 104. The van der Waals surface area contributed by atoms with E-state index in [1.54, 1.807) is 126 Å². The molecule has 35 nitrogen and oxygen atoms in total. The number of hydrogen-bond donors (Lipinski definition) is 4. The first-order valence-electron chi connectivity index (χ1n) is 48.1. The smallest absolute Gasteiger partial charge is 0.274 e. The number of aryl methyl sites for hydroxylation is 3. The standard InChI is InChI=1S/2C26H27Cl2N7O2.C26H27Cl2N7O.C25H25Cl2N7O2/c1-33(19-6-4-3-5-7-19)26(37)23-20(15-36)24(35(30-23)22-13-12-18(27)14-21(22)28)16-8-10-17(11-9-16)25-29-31-32-34(25)2;1-33(19-6-4-3-5-7-19)26(37)23-20(15-36)24(35(30-23)22-13-12-18(27)14-21(22)28)16-8-10-17(11-9-16)25-29-32-34(2)31-25;1-16-23(26(36)33(2)20-7-5-4-6-8-20)30-35(22-14-13-19(27)15-21(22)28)24(16)17-9-11-18(12-10-17)25-29-32-34(3)31-25;1-33(18-5-3-2-4-6-18)25(36)22-19(14-35)23(34(30-22)21-12-11-17(26)13-20(21)27)15-7-9-16(10-8-15)24-28-31-32-29-24/h2*8-14,19,36H,3-7,15H2,1-2H3;9-15,20H,4-8H2,1-3H3;7-13,18,35H,2-6,14H2,1H3,(H,28,29,31,32). The fourth-order valence-corrected chi connectivity index (χ4v) is 21.4. The molecule has 0 saturated heterocycles. The van der Waals surface area contributed by atoms with E-state index < -0.39 is 0 Å². The lowest BCUT2D eigenvalue weighted by Crippen LogP contribution is -2.38. The Bertz CT molecular complexity index is 7340. The highest BCUT2D eigenvalue weighted by Crippen LogP contribution is 2.43. The number of hydrogen-bond acceptors (Lipinski definition) is 23. The number of rotatable bonds is 23. The molecule has 4 aliphatic rings. The van der Waals surface area contributed by atoms with Gasteiger partial charge in [0.1, 0.15) is 0 Å². The molecule has 8 heterocycles. The Labute approximate surface area is 881 Å². The Morgan fingerprint density at radius 1 is 0.329 bits per heavy atom. The van der Waals surface area contributed by atoms with Gasteiger partial charge in [0.15, 0.2) is 28.6 Å². The van der Waals surface area contributed by atoms with E-state index in [2.05, 4.69) is 67.0 Å². The number of nitrogens with one attached hydrogen (secondary N) is 1. The molecule has 0 atom stereocenters.